The standard InChI is InChI=1S/C18H27N3O4S/c1-12(2)5-6-20-7-8-21(16-11-26(23,24)10-15(16)20)18(22)14-9-17(13(3)4)25-19-14/h5,9,13,15-16H,6-8,10-11H2,1-4H3/t15-,16+/m0/s1. The highest BCUT2D eigenvalue weighted by atomic mass is 32.2. The molecule has 144 valence electrons. The summed E-state index contributed by atoms with van der Waals surface area (Å²) < 4.78 is 29.8. The van der Waals surface area contributed by atoms with Crippen molar-refractivity contribution in [2.24, 2.45) is 0 Å². The largest absolute Gasteiger partial charge is 0.360 e. The van der Waals surface area contributed by atoms with Crippen LogP contribution < -0.4 is 0 Å². The number of carbonyl (C=O) groups is 1. The van der Waals surface area contributed by atoms with Gasteiger partial charge in [0.25, 0.3) is 5.91 Å². The van der Waals surface area contributed by atoms with Gasteiger partial charge in [0.15, 0.2) is 15.5 Å². The fraction of sp³-hybridized carbons (Fsp3) is 0.667. The summed E-state index contributed by atoms with van der Waals surface area (Å²) in [6, 6.07) is 1.18. The summed E-state index contributed by atoms with van der Waals surface area (Å²) in [5.74, 6) is 0.683. The van der Waals surface area contributed by atoms with Gasteiger partial charge in [-0.3, -0.25) is 9.69 Å². The first kappa shape index (κ1) is 19.1. The molecule has 0 N–H and O–H groups in total. The lowest BCUT2D eigenvalue weighted by molar-refractivity contribution is 0.0359. The van der Waals surface area contributed by atoms with E-state index in [4.69, 9.17) is 4.52 Å². The van der Waals surface area contributed by atoms with E-state index in [1.165, 1.54) is 5.57 Å². The molecular weight excluding hydrogens is 354 g/mol. The van der Waals surface area contributed by atoms with Crippen LogP contribution in [0.3, 0.4) is 0 Å². The topological polar surface area (TPSA) is 83.7 Å². The molecule has 2 saturated heterocycles. The summed E-state index contributed by atoms with van der Waals surface area (Å²) >= 11 is 0. The number of amides is 1. The van der Waals surface area contributed by atoms with Crippen molar-refractivity contribution >= 4 is 15.7 Å². The Bertz CT molecular complexity index is 808. The van der Waals surface area contributed by atoms with Gasteiger partial charge in [0, 0.05) is 37.7 Å². The lowest BCUT2D eigenvalue weighted by Gasteiger charge is -2.43. The van der Waals surface area contributed by atoms with Crippen molar-refractivity contribution in [3.05, 3.63) is 29.2 Å². The molecule has 0 aromatic carbocycles. The van der Waals surface area contributed by atoms with Crippen molar-refractivity contribution in [3.8, 4) is 0 Å². The molecule has 1 aromatic heterocycles. The molecule has 2 aliphatic rings. The minimum atomic E-state index is -3.16. The van der Waals surface area contributed by atoms with Gasteiger partial charge in [-0.15, -0.1) is 0 Å². The van der Waals surface area contributed by atoms with Gasteiger partial charge in [-0.1, -0.05) is 30.7 Å². The Morgan fingerprint density at radius 2 is 2.00 bits per heavy atom. The molecule has 0 radical (unpaired) electrons. The van der Waals surface area contributed by atoms with Crippen molar-refractivity contribution in [3.63, 3.8) is 0 Å². The average Bonchev–Trinajstić information content (AvgIpc) is 3.15. The number of hydrogen-bond donors (Lipinski definition) is 0. The number of piperazine rings is 1. The molecule has 3 heterocycles. The molecule has 7 nitrogen and oxygen atoms in total. The van der Waals surface area contributed by atoms with Crippen molar-refractivity contribution in [2.45, 2.75) is 45.7 Å². The first-order chi connectivity index (χ1) is 12.2. The highest BCUT2D eigenvalue weighted by Crippen LogP contribution is 2.28. The van der Waals surface area contributed by atoms with Crippen molar-refractivity contribution in [2.75, 3.05) is 31.1 Å². The lowest BCUT2D eigenvalue weighted by atomic mass is 10.0. The van der Waals surface area contributed by atoms with E-state index in [1.54, 1.807) is 11.0 Å². The second-order valence-corrected chi connectivity index (χ2v) is 9.91. The second-order valence-electron chi connectivity index (χ2n) is 7.76. The molecule has 0 saturated carbocycles. The zero-order valence-electron chi connectivity index (χ0n) is 15.8. The Hall–Kier alpha value is -1.67. The maximum Gasteiger partial charge on any atom is 0.276 e. The number of fused-ring (bicyclic) bond motifs is 1. The zero-order chi connectivity index (χ0) is 19.1. The smallest absolute Gasteiger partial charge is 0.276 e. The van der Waals surface area contributed by atoms with Gasteiger partial charge in [-0.05, 0) is 13.8 Å². The van der Waals surface area contributed by atoms with Gasteiger partial charge in [-0.25, -0.2) is 8.42 Å². The number of carbonyl (C=O) groups excluding carboxylic acids is 1. The maximum absolute atomic E-state index is 12.9. The van der Waals surface area contributed by atoms with Crippen LogP contribution in [0, 0.1) is 0 Å². The Labute approximate surface area is 154 Å². The van der Waals surface area contributed by atoms with E-state index in [0.717, 1.165) is 0 Å². The van der Waals surface area contributed by atoms with Crippen molar-refractivity contribution < 1.29 is 17.7 Å². The van der Waals surface area contributed by atoms with Crippen LogP contribution in [0.4, 0.5) is 0 Å². The molecule has 0 bridgehead atoms. The zero-order valence-corrected chi connectivity index (χ0v) is 16.6. The molecule has 2 fully saturated rings. The van der Waals surface area contributed by atoms with Gasteiger partial charge in [0.2, 0.25) is 0 Å². The van der Waals surface area contributed by atoms with Gasteiger partial charge in [-0.2, -0.15) is 0 Å². The molecule has 26 heavy (non-hydrogen) atoms. The summed E-state index contributed by atoms with van der Waals surface area (Å²) in [7, 11) is -3.16. The molecule has 2 atom stereocenters. The predicted octanol–water partition coefficient (Wildman–Crippen LogP) is 1.69. The molecule has 0 aliphatic carbocycles. The number of hydrogen-bond acceptors (Lipinski definition) is 6. The van der Waals surface area contributed by atoms with E-state index in [9.17, 15) is 13.2 Å². The van der Waals surface area contributed by atoms with Gasteiger partial charge < -0.3 is 9.42 Å². The number of sulfone groups is 1. The van der Waals surface area contributed by atoms with Crippen molar-refractivity contribution in [1.82, 2.24) is 15.0 Å². The third-order valence-corrected chi connectivity index (χ3v) is 6.80. The van der Waals surface area contributed by atoms with Gasteiger partial charge >= 0.3 is 0 Å². The molecule has 2 aliphatic heterocycles. The van der Waals surface area contributed by atoms with Gasteiger partial charge in [0.05, 0.1) is 17.5 Å². The molecule has 3 rings (SSSR count). The molecular formula is C18H27N3O4S. The molecule has 0 spiro atoms. The third kappa shape index (κ3) is 3.86. The number of aromatic nitrogens is 1. The van der Waals surface area contributed by atoms with E-state index >= 15 is 0 Å². The van der Waals surface area contributed by atoms with Crippen molar-refractivity contribution in [1.29, 1.82) is 0 Å². The fourth-order valence-electron chi connectivity index (χ4n) is 3.61. The Morgan fingerprint density at radius 1 is 1.31 bits per heavy atom. The number of rotatable bonds is 4. The fourth-order valence-corrected chi connectivity index (χ4v) is 5.62. The monoisotopic (exact) mass is 381 g/mol. The summed E-state index contributed by atoms with van der Waals surface area (Å²) in [5.41, 5.74) is 1.46. The molecule has 8 heteroatoms. The van der Waals surface area contributed by atoms with Crippen LogP contribution in [0.5, 0.6) is 0 Å². The molecule has 0 unspecified atom stereocenters. The Kier molecular flexibility index (Phi) is 5.25. The number of nitrogens with zero attached hydrogens (tertiary/aromatic N) is 3. The van der Waals surface area contributed by atoms with Crippen LogP contribution >= 0.6 is 0 Å². The van der Waals surface area contributed by atoms with Crippen LogP contribution in [0.25, 0.3) is 0 Å². The molecule has 1 aromatic rings. The summed E-state index contributed by atoms with van der Waals surface area (Å²) in [6.45, 7) is 9.85. The maximum atomic E-state index is 12.9. The Morgan fingerprint density at radius 3 is 2.62 bits per heavy atom. The summed E-state index contributed by atoms with van der Waals surface area (Å²) in [5, 5.41) is 3.90. The van der Waals surface area contributed by atoms with Crippen LogP contribution in [-0.2, 0) is 9.84 Å². The van der Waals surface area contributed by atoms with E-state index < -0.39 is 9.84 Å². The number of allylic oxidation sites excluding steroid dienone is 1. The van der Waals surface area contributed by atoms with Crippen LogP contribution in [0.2, 0.25) is 0 Å². The second kappa shape index (κ2) is 7.15. The highest BCUT2D eigenvalue weighted by molar-refractivity contribution is 7.91. The minimum Gasteiger partial charge on any atom is -0.360 e. The molecule has 1 amide bonds. The summed E-state index contributed by atoms with van der Waals surface area (Å²) in [6.07, 6.45) is 2.10. The quantitative estimate of drug-likeness (QED) is 0.738. The first-order valence-corrected chi connectivity index (χ1v) is 10.9. The summed E-state index contributed by atoms with van der Waals surface area (Å²) in [4.78, 5) is 16.8. The van der Waals surface area contributed by atoms with E-state index in [1.807, 2.05) is 27.7 Å². The van der Waals surface area contributed by atoms with Crippen LogP contribution in [0.1, 0.15) is 49.9 Å². The van der Waals surface area contributed by atoms with E-state index in [0.29, 0.717) is 25.4 Å². The third-order valence-electron chi connectivity index (χ3n) is 5.10. The Balaban J connectivity index is 1.83. The normalized spacial score (nSPS) is 25.3. The minimum absolute atomic E-state index is 0.0175. The first-order valence-electron chi connectivity index (χ1n) is 9.03. The predicted molar refractivity (Wildman–Crippen MR) is 98.9 cm³/mol. The highest BCUT2D eigenvalue weighted by Gasteiger charge is 2.48. The van der Waals surface area contributed by atoms with E-state index in [-0.39, 0.29) is 41.1 Å². The average molecular weight is 381 g/mol. The van der Waals surface area contributed by atoms with E-state index in [2.05, 4.69) is 16.1 Å². The SMILES string of the molecule is CC(C)=CCN1CCN(C(=O)c2cc(C(C)C)on2)[C@@H]2CS(=O)(=O)C[C@@H]21. The lowest BCUT2D eigenvalue weighted by Crippen LogP contribution is -2.60. The van der Waals surface area contributed by atoms with Crippen LogP contribution in [-0.4, -0.2) is 72.5 Å². The van der Waals surface area contributed by atoms with Gasteiger partial charge in [0.1, 0.15) is 5.76 Å². The van der Waals surface area contributed by atoms with Crippen LogP contribution in [0.15, 0.2) is 22.2 Å².